The van der Waals surface area contributed by atoms with Crippen LogP contribution in [0.25, 0.3) is 44.2 Å². The number of rotatable bonds is 7. The Kier molecular flexibility index (Phi) is 8.49. The van der Waals surface area contributed by atoms with E-state index < -0.39 is 0 Å². The van der Waals surface area contributed by atoms with E-state index in [2.05, 4.69) is 228 Å². The van der Waals surface area contributed by atoms with Crippen molar-refractivity contribution in [2.45, 2.75) is 0 Å². The molecule has 0 saturated carbocycles. The Morgan fingerprint density at radius 1 is 0.390 bits per heavy atom. The van der Waals surface area contributed by atoms with Gasteiger partial charge in [0, 0.05) is 56.2 Å². The van der Waals surface area contributed by atoms with Crippen LogP contribution in [0, 0.1) is 0 Å². The van der Waals surface area contributed by atoms with E-state index in [1.165, 1.54) is 27.8 Å². The standard InChI is InChI=1S/C56H38N2O/c1-5-19-39(20-6-1)45-27-13-16-30-50(45)57(44-33-35-47-46-28-15-18-32-53(46)59-54(47)38-44)43-34-36-49-52(37-43)58(42-25-11-4-12-26-42)51-31-17-14-29-48(51)56(49)55(40-21-7-2-8-22-40)41-23-9-3-10-24-41/h1-38H. The van der Waals surface area contributed by atoms with Crippen LogP contribution in [-0.4, -0.2) is 0 Å². The fourth-order valence-corrected chi connectivity index (χ4v) is 8.81. The quantitative estimate of drug-likeness (QED) is 0.162. The van der Waals surface area contributed by atoms with Crippen LogP contribution in [0.4, 0.5) is 34.1 Å². The molecule has 0 unspecified atom stereocenters. The third-order valence-electron chi connectivity index (χ3n) is 11.4. The smallest absolute Gasteiger partial charge is 0.137 e. The molecule has 0 bridgehead atoms. The molecular formula is C56H38N2O. The van der Waals surface area contributed by atoms with Gasteiger partial charge in [-0.3, -0.25) is 0 Å². The first kappa shape index (κ1) is 34.4. The first-order valence-corrected chi connectivity index (χ1v) is 20.1. The highest BCUT2D eigenvalue weighted by atomic mass is 16.3. The van der Waals surface area contributed by atoms with Crippen molar-refractivity contribution in [2.24, 2.45) is 0 Å². The van der Waals surface area contributed by atoms with Crippen molar-refractivity contribution in [3.05, 3.63) is 253 Å². The summed E-state index contributed by atoms with van der Waals surface area (Å²) in [5.41, 5.74) is 17.5. The van der Waals surface area contributed by atoms with Gasteiger partial charge in [0.25, 0.3) is 0 Å². The van der Waals surface area contributed by atoms with Crippen LogP contribution in [0.1, 0.15) is 22.3 Å². The van der Waals surface area contributed by atoms with E-state index in [1.54, 1.807) is 0 Å². The van der Waals surface area contributed by atoms with Crippen LogP contribution in [0.3, 0.4) is 0 Å². The number of fused-ring (bicyclic) bond motifs is 5. The summed E-state index contributed by atoms with van der Waals surface area (Å²) in [4.78, 5) is 4.81. The summed E-state index contributed by atoms with van der Waals surface area (Å²) >= 11 is 0. The summed E-state index contributed by atoms with van der Waals surface area (Å²) in [6.45, 7) is 0. The molecule has 9 aromatic carbocycles. The summed E-state index contributed by atoms with van der Waals surface area (Å²) < 4.78 is 6.52. The zero-order valence-electron chi connectivity index (χ0n) is 32.2. The first-order valence-electron chi connectivity index (χ1n) is 20.1. The van der Waals surface area contributed by atoms with Gasteiger partial charge in [0.05, 0.1) is 17.1 Å². The van der Waals surface area contributed by atoms with Crippen LogP contribution in [-0.2, 0) is 0 Å². The monoisotopic (exact) mass is 754 g/mol. The molecule has 0 fully saturated rings. The highest BCUT2D eigenvalue weighted by molar-refractivity contribution is 6.13. The molecule has 0 radical (unpaired) electrons. The van der Waals surface area contributed by atoms with E-state index in [1.807, 2.05) is 12.1 Å². The first-order chi connectivity index (χ1) is 29.3. The molecule has 0 N–H and O–H groups in total. The molecule has 59 heavy (non-hydrogen) atoms. The maximum absolute atomic E-state index is 6.52. The Morgan fingerprint density at radius 3 is 1.68 bits per heavy atom. The van der Waals surface area contributed by atoms with Crippen LogP contribution in [0.15, 0.2) is 235 Å². The molecule has 3 nitrogen and oxygen atoms in total. The van der Waals surface area contributed by atoms with Crippen molar-refractivity contribution in [1.82, 2.24) is 0 Å². The van der Waals surface area contributed by atoms with Gasteiger partial charge in [-0.25, -0.2) is 0 Å². The lowest BCUT2D eigenvalue weighted by atomic mass is 9.81. The molecule has 2 heterocycles. The Morgan fingerprint density at radius 2 is 0.932 bits per heavy atom. The van der Waals surface area contributed by atoms with Gasteiger partial charge < -0.3 is 14.2 Å². The second kappa shape index (κ2) is 14.6. The minimum atomic E-state index is 0.851. The van der Waals surface area contributed by atoms with Gasteiger partial charge in [-0.05, 0) is 76.9 Å². The van der Waals surface area contributed by atoms with Gasteiger partial charge in [-0.1, -0.05) is 170 Å². The third kappa shape index (κ3) is 6.00. The molecule has 10 aromatic rings. The van der Waals surface area contributed by atoms with E-state index in [0.29, 0.717) is 0 Å². The number of furan rings is 1. The second-order valence-corrected chi connectivity index (χ2v) is 14.9. The van der Waals surface area contributed by atoms with Crippen LogP contribution < -0.4 is 9.80 Å². The molecule has 0 atom stereocenters. The molecule has 11 rings (SSSR count). The Balaban J connectivity index is 1.21. The predicted octanol–water partition coefficient (Wildman–Crippen LogP) is 15.5. The number of hydrogen-bond donors (Lipinski definition) is 0. The molecule has 278 valence electrons. The molecule has 1 aromatic heterocycles. The zero-order valence-corrected chi connectivity index (χ0v) is 32.2. The van der Waals surface area contributed by atoms with Gasteiger partial charge in [0.2, 0.25) is 0 Å². The third-order valence-corrected chi connectivity index (χ3v) is 11.4. The summed E-state index contributed by atoms with van der Waals surface area (Å²) in [6.07, 6.45) is 0. The summed E-state index contributed by atoms with van der Waals surface area (Å²) in [5.74, 6) is 0. The Labute approximate surface area is 344 Å². The number of anilines is 6. The van der Waals surface area contributed by atoms with Gasteiger partial charge in [0.1, 0.15) is 11.2 Å². The molecule has 0 spiro atoms. The van der Waals surface area contributed by atoms with E-state index in [0.717, 1.165) is 72.8 Å². The second-order valence-electron chi connectivity index (χ2n) is 14.9. The van der Waals surface area contributed by atoms with Crippen molar-refractivity contribution < 1.29 is 4.42 Å². The topological polar surface area (TPSA) is 19.6 Å². The van der Waals surface area contributed by atoms with Crippen molar-refractivity contribution in [2.75, 3.05) is 9.80 Å². The van der Waals surface area contributed by atoms with Gasteiger partial charge in [-0.2, -0.15) is 0 Å². The molecule has 0 amide bonds. The van der Waals surface area contributed by atoms with Gasteiger partial charge in [-0.15, -0.1) is 0 Å². The van der Waals surface area contributed by atoms with Gasteiger partial charge >= 0.3 is 0 Å². The van der Waals surface area contributed by atoms with E-state index in [4.69, 9.17) is 4.42 Å². The molecule has 3 heteroatoms. The van der Waals surface area contributed by atoms with Crippen LogP contribution in [0.2, 0.25) is 0 Å². The van der Waals surface area contributed by atoms with E-state index in [9.17, 15) is 0 Å². The fraction of sp³-hybridized carbons (Fsp3) is 0. The predicted molar refractivity (Wildman–Crippen MR) is 246 cm³/mol. The minimum Gasteiger partial charge on any atom is -0.456 e. The largest absolute Gasteiger partial charge is 0.456 e. The van der Waals surface area contributed by atoms with Gasteiger partial charge in [0.15, 0.2) is 0 Å². The number of nitrogens with zero attached hydrogens (tertiary/aromatic N) is 2. The maximum atomic E-state index is 6.52. The molecule has 0 aliphatic carbocycles. The van der Waals surface area contributed by atoms with Crippen molar-refractivity contribution in [3.8, 4) is 11.1 Å². The highest BCUT2D eigenvalue weighted by Gasteiger charge is 2.32. The van der Waals surface area contributed by atoms with Crippen molar-refractivity contribution in [1.29, 1.82) is 0 Å². The summed E-state index contributed by atoms with van der Waals surface area (Å²) in [5, 5.41) is 2.21. The van der Waals surface area contributed by atoms with Crippen LogP contribution >= 0.6 is 0 Å². The number of hydrogen-bond acceptors (Lipinski definition) is 3. The number of para-hydroxylation sites is 4. The summed E-state index contributed by atoms with van der Waals surface area (Å²) in [7, 11) is 0. The lowest BCUT2D eigenvalue weighted by Crippen LogP contribution is -2.20. The Hall–Kier alpha value is -7.88. The lowest BCUT2D eigenvalue weighted by Gasteiger charge is -2.37. The Bertz CT molecular complexity index is 3110. The van der Waals surface area contributed by atoms with Crippen molar-refractivity contribution >= 4 is 67.2 Å². The van der Waals surface area contributed by atoms with Crippen LogP contribution in [0.5, 0.6) is 0 Å². The molecular weight excluding hydrogens is 717 g/mol. The minimum absolute atomic E-state index is 0.851. The highest BCUT2D eigenvalue weighted by Crippen LogP contribution is 2.54. The molecule has 0 saturated heterocycles. The average molecular weight is 755 g/mol. The number of benzene rings is 9. The molecule has 1 aliphatic rings. The zero-order chi connectivity index (χ0) is 39.1. The maximum Gasteiger partial charge on any atom is 0.137 e. The normalized spacial score (nSPS) is 12.0. The molecule has 1 aliphatic heterocycles. The lowest BCUT2D eigenvalue weighted by molar-refractivity contribution is 0.669. The van der Waals surface area contributed by atoms with E-state index in [-0.39, 0.29) is 0 Å². The SMILES string of the molecule is c1ccc(C(=C2c3ccccc3N(c3ccccc3)c3cc(N(c4ccc5c(c4)oc4ccccc45)c4ccccc4-c4ccccc4)ccc32)c2ccccc2)cc1. The fourth-order valence-electron chi connectivity index (χ4n) is 8.81. The van der Waals surface area contributed by atoms with Crippen molar-refractivity contribution in [3.63, 3.8) is 0 Å². The van der Waals surface area contributed by atoms with E-state index >= 15 is 0 Å². The summed E-state index contributed by atoms with van der Waals surface area (Å²) in [6, 6.07) is 82.4. The average Bonchev–Trinajstić information content (AvgIpc) is 3.68.